The number of anilines is 1. The van der Waals surface area contributed by atoms with E-state index in [1.165, 1.54) is 0 Å². The highest BCUT2D eigenvalue weighted by molar-refractivity contribution is 6.42. The summed E-state index contributed by atoms with van der Waals surface area (Å²) in [7, 11) is 0. The van der Waals surface area contributed by atoms with Crippen LogP contribution in [0.1, 0.15) is 11.1 Å². The number of halogens is 2. The molecule has 0 fully saturated rings. The lowest BCUT2D eigenvalue weighted by molar-refractivity contribution is 0.879. The van der Waals surface area contributed by atoms with Gasteiger partial charge in [0, 0.05) is 17.7 Å². The lowest BCUT2D eigenvalue weighted by atomic mass is 10.1. The van der Waals surface area contributed by atoms with Crippen LogP contribution in [0.25, 0.3) is 16.9 Å². The van der Waals surface area contributed by atoms with Gasteiger partial charge in [-0.15, -0.1) is 0 Å². The Bertz CT molecular complexity index is 985. The van der Waals surface area contributed by atoms with Gasteiger partial charge in [0.15, 0.2) is 0 Å². The molecule has 0 spiro atoms. The summed E-state index contributed by atoms with van der Waals surface area (Å²) >= 11 is 12.2. The summed E-state index contributed by atoms with van der Waals surface area (Å²) in [6.07, 6.45) is 0.875. The van der Waals surface area contributed by atoms with Crippen LogP contribution in [0.3, 0.4) is 0 Å². The highest BCUT2D eigenvalue weighted by Crippen LogP contribution is 2.37. The first-order chi connectivity index (χ1) is 11.7. The molecule has 1 aliphatic rings. The zero-order chi connectivity index (χ0) is 16.7. The van der Waals surface area contributed by atoms with E-state index in [2.05, 4.69) is 11.4 Å². The SMILES string of the molecule is N#Cc1ccccc1-n1nc(-c2ccc(Cl)c(Cl)c2)c2c1NCC2. The van der Waals surface area contributed by atoms with Gasteiger partial charge in [-0.2, -0.15) is 10.4 Å². The van der Waals surface area contributed by atoms with Gasteiger partial charge in [0.1, 0.15) is 11.9 Å². The number of para-hydroxylation sites is 1. The number of benzene rings is 2. The maximum absolute atomic E-state index is 9.38. The van der Waals surface area contributed by atoms with Gasteiger partial charge in [-0.3, -0.25) is 0 Å². The normalized spacial score (nSPS) is 12.5. The second kappa shape index (κ2) is 5.86. The van der Waals surface area contributed by atoms with Crippen molar-refractivity contribution < 1.29 is 0 Å². The first-order valence-electron chi connectivity index (χ1n) is 7.49. The van der Waals surface area contributed by atoms with Crippen molar-refractivity contribution in [2.75, 3.05) is 11.9 Å². The standard InChI is InChI=1S/C18H12Cl2N4/c19-14-6-5-11(9-15(14)20)17-13-7-8-22-18(13)24(23-17)16-4-2-1-3-12(16)10-21/h1-6,9,22H,7-8H2. The molecular formula is C18H12Cl2N4. The van der Waals surface area contributed by atoms with Crippen molar-refractivity contribution in [2.45, 2.75) is 6.42 Å². The Morgan fingerprint density at radius 3 is 2.75 bits per heavy atom. The molecule has 0 amide bonds. The summed E-state index contributed by atoms with van der Waals surface area (Å²) in [5.41, 5.74) is 4.24. The van der Waals surface area contributed by atoms with Gasteiger partial charge < -0.3 is 5.32 Å². The summed E-state index contributed by atoms with van der Waals surface area (Å²) in [5, 5.41) is 18.5. The summed E-state index contributed by atoms with van der Waals surface area (Å²) in [4.78, 5) is 0. The summed E-state index contributed by atoms with van der Waals surface area (Å²) in [6, 6.07) is 15.2. The average molecular weight is 355 g/mol. The largest absolute Gasteiger partial charge is 0.369 e. The quantitative estimate of drug-likeness (QED) is 0.726. The molecule has 118 valence electrons. The van der Waals surface area contributed by atoms with Gasteiger partial charge in [0.05, 0.1) is 27.0 Å². The van der Waals surface area contributed by atoms with E-state index in [1.807, 2.05) is 30.3 Å². The minimum absolute atomic E-state index is 0.501. The van der Waals surface area contributed by atoms with Gasteiger partial charge in [0.2, 0.25) is 0 Å². The predicted molar refractivity (Wildman–Crippen MR) is 95.9 cm³/mol. The minimum Gasteiger partial charge on any atom is -0.369 e. The molecule has 6 heteroatoms. The van der Waals surface area contributed by atoms with E-state index >= 15 is 0 Å². The third kappa shape index (κ3) is 2.34. The number of nitrogens with zero attached hydrogens (tertiary/aromatic N) is 3. The number of hydrogen-bond acceptors (Lipinski definition) is 3. The van der Waals surface area contributed by atoms with Crippen molar-refractivity contribution in [3.05, 3.63) is 63.6 Å². The number of nitrogens with one attached hydrogen (secondary N) is 1. The molecule has 1 aliphatic heterocycles. The summed E-state index contributed by atoms with van der Waals surface area (Å²) in [5.74, 6) is 0.929. The molecule has 0 radical (unpaired) electrons. The molecule has 0 aliphatic carbocycles. The Morgan fingerprint density at radius 1 is 1.12 bits per heavy atom. The van der Waals surface area contributed by atoms with Crippen LogP contribution in [0.5, 0.6) is 0 Å². The topological polar surface area (TPSA) is 53.6 Å². The van der Waals surface area contributed by atoms with Crippen molar-refractivity contribution in [1.82, 2.24) is 9.78 Å². The molecule has 0 bridgehead atoms. The fourth-order valence-electron chi connectivity index (χ4n) is 2.98. The number of rotatable bonds is 2. The zero-order valence-electron chi connectivity index (χ0n) is 12.6. The maximum atomic E-state index is 9.38. The maximum Gasteiger partial charge on any atom is 0.133 e. The molecule has 4 nitrogen and oxygen atoms in total. The van der Waals surface area contributed by atoms with E-state index < -0.39 is 0 Å². The van der Waals surface area contributed by atoms with Crippen LogP contribution in [0.2, 0.25) is 10.0 Å². The van der Waals surface area contributed by atoms with Crippen LogP contribution in [-0.2, 0) is 6.42 Å². The van der Waals surface area contributed by atoms with Crippen molar-refractivity contribution in [2.24, 2.45) is 0 Å². The molecule has 4 rings (SSSR count). The Labute approximate surface area is 149 Å². The molecule has 24 heavy (non-hydrogen) atoms. The number of fused-ring (bicyclic) bond motifs is 1. The predicted octanol–water partition coefficient (Wildman–Crippen LogP) is 4.69. The molecular weight excluding hydrogens is 343 g/mol. The summed E-state index contributed by atoms with van der Waals surface area (Å²) < 4.78 is 1.80. The molecule has 2 aromatic carbocycles. The monoisotopic (exact) mass is 354 g/mol. The van der Waals surface area contributed by atoms with Gasteiger partial charge in [-0.25, -0.2) is 4.68 Å². The van der Waals surface area contributed by atoms with Crippen molar-refractivity contribution in [3.8, 4) is 23.0 Å². The molecule has 3 aromatic rings. The highest BCUT2D eigenvalue weighted by atomic mass is 35.5. The number of aromatic nitrogens is 2. The fraction of sp³-hybridized carbons (Fsp3) is 0.111. The molecule has 0 saturated heterocycles. The molecule has 0 atom stereocenters. The molecule has 2 heterocycles. The van der Waals surface area contributed by atoms with Crippen LogP contribution in [0.15, 0.2) is 42.5 Å². The second-order valence-electron chi connectivity index (χ2n) is 5.52. The summed E-state index contributed by atoms with van der Waals surface area (Å²) in [6.45, 7) is 0.843. The fourth-order valence-corrected chi connectivity index (χ4v) is 3.28. The van der Waals surface area contributed by atoms with Crippen molar-refractivity contribution in [1.29, 1.82) is 5.26 Å². The first-order valence-corrected chi connectivity index (χ1v) is 8.25. The van der Waals surface area contributed by atoms with Gasteiger partial charge in [-0.1, -0.05) is 41.4 Å². The lowest BCUT2D eigenvalue weighted by Crippen LogP contribution is -2.05. The van der Waals surface area contributed by atoms with Gasteiger partial charge in [-0.05, 0) is 30.7 Å². The molecule has 0 saturated carbocycles. The van der Waals surface area contributed by atoms with Gasteiger partial charge in [0.25, 0.3) is 0 Å². The highest BCUT2D eigenvalue weighted by Gasteiger charge is 2.25. The van der Waals surface area contributed by atoms with E-state index in [0.29, 0.717) is 15.6 Å². The zero-order valence-corrected chi connectivity index (χ0v) is 14.1. The van der Waals surface area contributed by atoms with Crippen LogP contribution in [-0.4, -0.2) is 16.3 Å². The van der Waals surface area contributed by atoms with Crippen LogP contribution < -0.4 is 5.32 Å². The number of nitriles is 1. The Balaban J connectivity index is 1.93. The van der Waals surface area contributed by atoms with Gasteiger partial charge >= 0.3 is 0 Å². The van der Waals surface area contributed by atoms with Crippen molar-refractivity contribution in [3.63, 3.8) is 0 Å². The van der Waals surface area contributed by atoms with Crippen LogP contribution >= 0.6 is 23.2 Å². The first kappa shape index (κ1) is 15.1. The minimum atomic E-state index is 0.501. The third-order valence-corrected chi connectivity index (χ3v) is 4.84. The van der Waals surface area contributed by atoms with E-state index in [9.17, 15) is 5.26 Å². The van der Waals surface area contributed by atoms with Crippen LogP contribution in [0.4, 0.5) is 5.82 Å². The van der Waals surface area contributed by atoms with Crippen LogP contribution in [0, 0.1) is 11.3 Å². The Kier molecular flexibility index (Phi) is 3.68. The Morgan fingerprint density at radius 2 is 1.96 bits per heavy atom. The van der Waals surface area contributed by atoms with E-state index in [4.69, 9.17) is 28.3 Å². The molecule has 1 N–H and O–H groups in total. The molecule has 1 aromatic heterocycles. The average Bonchev–Trinajstić information content (AvgIpc) is 3.20. The van der Waals surface area contributed by atoms with E-state index in [-0.39, 0.29) is 0 Å². The molecule has 0 unspecified atom stereocenters. The smallest absolute Gasteiger partial charge is 0.133 e. The van der Waals surface area contributed by atoms with E-state index in [1.54, 1.807) is 16.8 Å². The number of hydrogen-bond donors (Lipinski definition) is 1. The van der Waals surface area contributed by atoms with E-state index in [0.717, 1.165) is 41.3 Å². The lowest BCUT2D eigenvalue weighted by Gasteiger charge is -2.08. The Hall–Kier alpha value is -2.48. The second-order valence-corrected chi connectivity index (χ2v) is 6.34. The third-order valence-electron chi connectivity index (χ3n) is 4.10. The van der Waals surface area contributed by atoms with Crippen molar-refractivity contribution >= 4 is 29.0 Å².